The van der Waals surface area contributed by atoms with Crippen molar-refractivity contribution in [3.05, 3.63) is 47.8 Å². The first-order valence-corrected chi connectivity index (χ1v) is 9.54. The van der Waals surface area contributed by atoms with Gasteiger partial charge in [0.1, 0.15) is 23.8 Å². The van der Waals surface area contributed by atoms with Crippen LogP contribution >= 0.6 is 0 Å². The molecule has 1 aliphatic rings. The molecule has 0 amide bonds. The van der Waals surface area contributed by atoms with E-state index in [0.29, 0.717) is 29.8 Å². The van der Waals surface area contributed by atoms with Gasteiger partial charge >= 0.3 is 0 Å². The van der Waals surface area contributed by atoms with Crippen molar-refractivity contribution >= 4 is 11.8 Å². The Morgan fingerprint density at radius 1 is 1.29 bits per heavy atom. The molecular formula is C20H26N8. The number of nitriles is 1. The molecule has 1 fully saturated rings. The molecule has 146 valence electrons. The van der Waals surface area contributed by atoms with Crippen LogP contribution in [0.25, 0.3) is 0 Å². The van der Waals surface area contributed by atoms with Crippen LogP contribution in [0, 0.1) is 24.2 Å². The van der Waals surface area contributed by atoms with E-state index in [4.69, 9.17) is 5.73 Å². The Hall–Kier alpha value is -3.21. The van der Waals surface area contributed by atoms with E-state index in [1.54, 1.807) is 12.5 Å². The van der Waals surface area contributed by atoms with Crippen molar-refractivity contribution in [2.45, 2.75) is 45.1 Å². The van der Waals surface area contributed by atoms with Crippen molar-refractivity contribution in [2.24, 2.45) is 11.7 Å². The number of allylic oxidation sites excluding steroid dienone is 1. The standard InChI is InChI=1S/C20H26N8/c1-13-9-18(26-12-25-13)7-8-23-20-24-11-16(10-21)19(28-20)27-17-5-3-15(4-6-17)14(2)22/h9,11-12,15,17H,2-8,22H2,1H3,(H2,23,24,27,28). The number of rotatable bonds is 7. The van der Waals surface area contributed by atoms with Crippen LogP contribution in [0.4, 0.5) is 11.8 Å². The molecule has 0 saturated heterocycles. The third-order valence-electron chi connectivity index (χ3n) is 5.03. The molecule has 0 aliphatic heterocycles. The fourth-order valence-corrected chi connectivity index (χ4v) is 3.41. The minimum absolute atomic E-state index is 0.273. The summed E-state index contributed by atoms with van der Waals surface area (Å²) < 4.78 is 0. The van der Waals surface area contributed by atoms with E-state index in [1.165, 1.54) is 0 Å². The average Bonchev–Trinajstić information content (AvgIpc) is 2.69. The summed E-state index contributed by atoms with van der Waals surface area (Å²) in [6.45, 7) is 6.45. The van der Waals surface area contributed by atoms with Crippen molar-refractivity contribution in [1.82, 2.24) is 19.9 Å². The second kappa shape index (κ2) is 9.13. The third kappa shape index (κ3) is 5.16. The van der Waals surface area contributed by atoms with Crippen LogP contribution in [0.2, 0.25) is 0 Å². The van der Waals surface area contributed by atoms with Gasteiger partial charge in [-0.15, -0.1) is 0 Å². The molecule has 28 heavy (non-hydrogen) atoms. The van der Waals surface area contributed by atoms with Crippen molar-refractivity contribution < 1.29 is 0 Å². The zero-order valence-corrected chi connectivity index (χ0v) is 16.1. The normalized spacial score (nSPS) is 18.9. The summed E-state index contributed by atoms with van der Waals surface area (Å²) in [5.74, 6) is 1.46. The first kappa shape index (κ1) is 19.5. The van der Waals surface area contributed by atoms with Crippen LogP contribution in [0.1, 0.15) is 42.6 Å². The van der Waals surface area contributed by atoms with Gasteiger partial charge < -0.3 is 16.4 Å². The molecule has 0 atom stereocenters. The maximum absolute atomic E-state index is 9.37. The lowest BCUT2D eigenvalue weighted by Gasteiger charge is -2.29. The van der Waals surface area contributed by atoms with Crippen molar-refractivity contribution in [3.8, 4) is 6.07 Å². The SMILES string of the molecule is C=C(N)C1CCC(Nc2nc(NCCc3cc(C)ncn3)ncc2C#N)CC1. The summed E-state index contributed by atoms with van der Waals surface area (Å²) in [4.78, 5) is 17.1. The highest BCUT2D eigenvalue weighted by atomic mass is 15.1. The van der Waals surface area contributed by atoms with Crippen molar-refractivity contribution in [1.29, 1.82) is 5.26 Å². The van der Waals surface area contributed by atoms with Gasteiger partial charge in [-0.2, -0.15) is 10.2 Å². The number of aromatic nitrogens is 4. The maximum atomic E-state index is 9.37. The Morgan fingerprint density at radius 3 is 2.75 bits per heavy atom. The zero-order chi connectivity index (χ0) is 19.9. The maximum Gasteiger partial charge on any atom is 0.224 e. The Labute approximate surface area is 165 Å². The Morgan fingerprint density at radius 2 is 2.07 bits per heavy atom. The van der Waals surface area contributed by atoms with E-state index in [-0.39, 0.29) is 6.04 Å². The quantitative estimate of drug-likeness (QED) is 0.671. The topological polar surface area (TPSA) is 125 Å². The van der Waals surface area contributed by atoms with Crippen LogP contribution in [0.5, 0.6) is 0 Å². The highest BCUT2D eigenvalue weighted by Gasteiger charge is 2.23. The molecule has 2 heterocycles. The van der Waals surface area contributed by atoms with Gasteiger partial charge in [-0.3, -0.25) is 0 Å². The highest BCUT2D eigenvalue weighted by Crippen LogP contribution is 2.29. The third-order valence-corrected chi connectivity index (χ3v) is 5.03. The molecule has 0 radical (unpaired) electrons. The fraction of sp³-hybridized carbons (Fsp3) is 0.450. The van der Waals surface area contributed by atoms with E-state index in [1.807, 2.05) is 13.0 Å². The van der Waals surface area contributed by atoms with Crippen molar-refractivity contribution in [3.63, 3.8) is 0 Å². The number of nitrogens with two attached hydrogens (primary N) is 1. The van der Waals surface area contributed by atoms with E-state index in [9.17, 15) is 5.26 Å². The number of nitrogens with one attached hydrogen (secondary N) is 2. The van der Waals surface area contributed by atoms with Gasteiger partial charge in [0.15, 0.2) is 0 Å². The van der Waals surface area contributed by atoms with Gasteiger partial charge in [-0.05, 0) is 44.6 Å². The van der Waals surface area contributed by atoms with E-state index < -0.39 is 0 Å². The minimum atomic E-state index is 0.273. The largest absolute Gasteiger partial charge is 0.402 e. The lowest BCUT2D eigenvalue weighted by atomic mass is 9.84. The second-order valence-electron chi connectivity index (χ2n) is 7.16. The summed E-state index contributed by atoms with van der Waals surface area (Å²) >= 11 is 0. The predicted octanol–water partition coefficient (Wildman–Crippen LogP) is 2.54. The Kier molecular flexibility index (Phi) is 6.37. The van der Waals surface area contributed by atoms with E-state index in [2.05, 4.69) is 43.2 Å². The minimum Gasteiger partial charge on any atom is -0.402 e. The zero-order valence-electron chi connectivity index (χ0n) is 16.1. The van der Waals surface area contributed by atoms with Gasteiger partial charge in [0.2, 0.25) is 5.95 Å². The molecule has 4 N–H and O–H groups in total. The predicted molar refractivity (Wildman–Crippen MR) is 108 cm³/mol. The second-order valence-corrected chi connectivity index (χ2v) is 7.16. The van der Waals surface area contributed by atoms with E-state index >= 15 is 0 Å². The number of anilines is 2. The lowest BCUT2D eigenvalue weighted by molar-refractivity contribution is 0.375. The molecule has 0 aromatic carbocycles. The van der Waals surface area contributed by atoms with Crippen molar-refractivity contribution in [2.75, 3.05) is 17.2 Å². The first-order valence-electron chi connectivity index (χ1n) is 9.54. The molecule has 0 bridgehead atoms. The molecule has 8 heteroatoms. The van der Waals surface area contributed by atoms with Gasteiger partial charge in [-0.1, -0.05) is 6.58 Å². The molecular weight excluding hydrogens is 352 g/mol. The molecule has 1 saturated carbocycles. The number of hydrogen-bond acceptors (Lipinski definition) is 8. The molecule has 0 spiro atoms. The molecule has 2 aromatic heterocycles. The van der Waals surface area contributed by atoms with Gasteiger partial charge in [0.25, 0.3) is 0 Å². The molecule has 0 unspecified atom stereocenters. The van der Waals surface area contributed by atoms with Crippen LogP contribution in [0.15, 0.2) is 30.9 Å². The Balaban J connectivity index is 1.59. The number of aryl methyl sites for hydroxylation is 1. The Bertz CT molecular complexity index is 865. The molecule has 2 aromatic rings. The van der Waals surface area contributed by atoms with E-state index in [0.717, 1.165) is 49.2 Å². The van der Waals surface area contributed by atoms with Crippen LogP contribution in [0.3, 0.4) is 0 Å². The smallest absolute Gasteiger partial charge is 0.224 e. The van der Waals surface area contributed by atoms with Crippen LogP contribution < -0.4 is 16.4 Å². The molecule has 1 aliphatic carbocycles. The fourth-order valence-electron chi connectivity index (χ4n) is 3.41. The summed E-state index contributed by atoms with van der Waals surface area (Å²) in [7, 11) is 0. The summed E-state index contributed by atoms with van der Waals surface area (Å²) in [6.07, 6.45) is 7.83. The van der Waals surface area contributed by atoms with Crippen LogP contribution in [-0.4, -0.2) is 32.5 Å². The summed E-state index contributed by atoms with van der Waals surface area (Å²) in [6, 6.07) is 4.39. The highest BCUT2D eigenvalue weighted by molar-refractivity contribution is 5.54. The van der Waals surface area contributed by atoms with Gasteiger partial charge in [0, 0.05) is 36.1 Å². The summed E-state index contributed by atoms with van der Waals surface area (Å²) in [5, 5.41) is 16.0. The molecule has 8 nitrogen and oxygen atoms in total. The molecule has 3 rings (SSSR count). The van der Waals surface area contributed by atoms with Gasteiger partial charge in [0.05, 0.1) is 6.20 Å². The average molecular weight is 378 g/mol. The first-order chi connectivity index (χ1) is 13.5. The number of nitrogens with zero attached hydrogens (tertiary/aromatic N) is 5. The lowest BCUT2D eigenvalue weighted by Crippen LogP contribution is -2.28. The number of hydrogen-bond donors (Lipinski definition) is 3. The monoisotopic (exact) mass is 378 g/mol. The summed E-state index contributed by atoms with van der Waals surface area (Å²) in [5.41, 5.74) is 8.95. The van der Waals surface area contributed by atoms with Crippen LogP contribution in [-0.2, 0) is 6.42 Å². The van der Waals surface area contributed by atoms with Gasteiger partial charge in [-0.25, -0.2) is 15.0 Å².